The molecule has 78 valence electrons. The van der Waals surface area contributed by atoms with Gasteiger partial charge in [0.15, 0.2) is 0 Å². The third-order valence-electron chi connectivity index (χ3n) is 2.46. The first-order valence-corrected chi connectivity index (χ1v) is 5.29. The molecule has 0 heterocycles. The van der Waals surface area contributed by atoms with Gasteiger partial charge in [-0.3, -0.25) is 11.3 Å². The lowest BCUT2D eigenvalue weighted by Crippen LogP contribution is -2.28. The van der Waals surface area contributed by atoms with Crippen LogP contribution in [-0.4, -0.2) is 0 Å². The summed E-state index contributed by atoms with van der Waals surface area (Å²) in [5.41, 5.74) is 5.14. The van der Waals surface area contributed by atoms with E-state index in [4.69, 9.17) is 17.4 Å². The summed E-state index contributed by atoms with van der Waals surface area (Å²) in [6.45, 7) is 4.17. The number of nitrogens with one attached hydrogen (secondary N) is 1. The van der Waals surface area contributed by atoms with Crippen molar-refractivity contribution < 1.29 is 0 Å². The Morgan fingerprint density at radius 1 is 1.50 bits per heavy atom. The van der Waals surface area contributed by atoms with Gasteiger partial charge in [-0.2, -0.15) is 0 Å². The summed E-state index contributed by atoms with van der Waals surface area (Å²) in [5, 5.41) is 0.804. The van der Waals surface area contributed by atoms with Gasteiger partial charge in [0.1, 0.15) is 0 Å². The Morgan fingerprint density at radius 2 is 2.21 bits per heavy atom. The molecule has 2 nitrogen and oxygen atoms in total. The molecule has 0 amide bonds. The van der Waals surface area contributed by atoms with Crippen molar-refractivity contribution in [1.82, 2.24) is 5.43 Å². The monoisotopic (exact) mass is 212 g/mol. The zero-order valence-corrected chi connectivity index (χ0v) is 9.43. The van der Waals surface area contributed by atoms with Crippen molar-refractivity contribution >= 4 is 11.6 Å². The second-order valence-electron chi connectivity index (χ2n) is 3.46. The van der Waals surface area contributed by atoms with E-state index in [0.717, 1.165) is 23.4 Å². The molecule has 0 radical (unpaired) electrons. The Labute approximate surface area is 90.4 Å². The molecule has 0 aliphatic rings. The molecule has 3 heteroatoms. The normalized spacial score (nSPS) is 12.9. The first-order chi connectivity index (χ1) is 6.70. The molecule has 1 aromatic rings. The second-order valence-corrected chi connectivity index (χ2v) is 3.87. The molecule has 0 fully saturated rings. The number of nitrogens with two attached hydrogens (primary N) is 1. The molecule has 0 aromatic heterocycles. The van der Waals surface area contributed by atoms with E-state index in [1.165, 1.54) is 5.56 Å². The Bertz CT molecular complexity index is 299. The Morgan fingerprint density at radius 3 is 2.79 bits per heavy atom. The zero-order valence-electron chi connectivity index (χ0n) is 8.68. The van der Waals surface area contributed by atoms with Crippen LogP contribution in [0.1, 0.15) is 36.9 Å². The topological polar surface area (TPSA) is 38.0 Å². The van der Waals surface area contributed by atoms with Crippen molar-refractivity contribution in [3.05, 3.63) is 34.3 Å². The van der Waals surface area contributed by atoms with Crippen LogP contribution in [0.3, 0.4) is 0 Å². The van der Waals surface area contributed by atoms with Crippen molar-refractivity contribution in [2.24, 2.45) is 5.84 Å². The standard InChI is InChI=1S/C11H17ClN2/c1-3-5-11(14-13)9-6-4-7-10(12)8(9)2/h4,6-7,11,14H,3,5,13H2,1-2H3. The summed E-state index contributed by atoms with van der Waals surface area (Å²) in [6, 6.07) is 6.14. The van der Waals surface area contributed by atoms with Gasteiger partial charge in [0, 0.05) is 11.1 Å². The molecule has 1 aromatic carbocycles. The summed E-state index contributed by atoms with van der Waals surface area (Å²) >= 11 is 6.05. The molecule has 0 bridgehead atoms. The lowest BCUT2D eigenvalue weighted by molar-refractivity contribution is 0.508. The minimum Gasteiger partial charge on any atom is -0.271 e. The predicted octanol–water partition coefficient (Wildman–Crippen LogP) is 2.95. The van der Waals surface area contributed by atoms with E-state index in [2.05, 4.69) is 18.4 Å². The highest BCUT2D eigenvalue weighted by atomic mass is 35.5. The molecule has 14 heavy (non-hydrogen) atoms. The summed E-state index contributed by atoms with van der Waals surface area (Å²) in [7, 11) is 0. The summed E-state index contributed by atoms with van der Waals surface area (Å²) < 4.78 is 0. The highest BCUT2D eigenvalue weighted by Crippen LogP contribution is 2.26. The summed E-state index contributed by atoms with van der Waals surface area (Å²) in [6.07, 6.45) is 2.12. The lowest BCUT2D eigenvalue weighted by atomic mass is 9.98. The van der Waals surface area contributed by atoms with Gasteiger partial charge >= 0.3 is 0 Å². The van der Waals surface area contributed by atoms with Crippen LogP contribution in [0.5, 0.6) is 0 Å². The minimum absolute atomic E-state index is 0.207. The van der Waals surface area contributed by atoms with Crippen molar-refractivity contribution in [3.8, 4) is 0 Å². The largest absolute Gasteiger partial charge is 0.271 e. The van der Waals surface area contributed by atoms with Crippen LogP contribution in [0, 0.1) is 6.92 Å². The lowest BCUT2D eigenvalue weighted by Gasteiger charge is -2.18. The van der Waals surface area contributed by atoms with Crippen molar-refractivity contribution in [2.45, 2.75) is 32.7 Å². The number of rotatable bonds is 4. The van der Waals surface area contributed by atoms with E-state index in [9.17, 15) is 0 Å². The number of hydrazine groups is 1. The number of benzene rings is 1. The molecule has 0 saturated carbocycles. The van der Waals surface area contributed by atoms with Gasteiger partial charge in [-0.05, 0) is 30.5 Å². The second kappa shape index (κ2) is 5.35. The van der Waals surface area contributed by atoms with Crippen molar-refractivity contribution in [2.75, 3.05) is 0 Å². The SMILES string of the molecule is CCCC(NN)c1cccc(Cl)c1C. The van der Waals surface area contributed by atoms with Crippen LogP contribution in [0.25, 0.3) is 0 Å². The van der Waals surface area contributed by atoms with Crippen LogP contribution in [0.4, 0.5) is 0 Å². The fourth-order valence-corrected chi connectivity index (χ4v) is 1.80. The average molecular weight is 213 g/mol. The Balaban J connectivity index is 2.97. The predicted molar refractivity (Wildman–Crippen MR) is 61.2 cm³/mol. The average Bonchev–Trinajstić information content (AvgIpc) is 2.19. The van der Waals surface area contributed by atoms with E-state index in [-0.39, 0.29) is 6.04 Å². The zero-order chi connectivity index (χ0) is 10.6. The van der Waals surface area contributed by atoms with Gasteiger partial charge in [0.05, 0.1) is 0 Å². The van der Waals surface area contributed by atoms with Gasteiger partial charge in [0.2, 0.25) is 0 Å². The molecule has 0 aliphatic carbocycles. The molecule has 0 aliphatic heterocycles. The van der Waals surface area contributed by atoms with Crippen molar-refractivity contribution in [3.63, 3.8) is 0 Å². The maximum atomic E-state index is 6.05. The summed E-state index contributed by atoms with van der Waals surface area (Å²) in [5.74, 6) is 5.52. The molecule has 3 N–H and O–H groups in total. The van der Waals surface area contributed by atoms with Gasteiger partial charge in [-0.25, -0.2) is 0 Å². The van der Waals surface area contributed by atoms with E-state index in [1.54, 1.807) is 0 Å². The highest BCUT2D eigenvalue weighted by Gasteiger charge is 2.12. The van der Waals surface area contributed by atoms with Crippen LogP contribution >= 0.6 is 11.6 Å². The highest BCUT2D eigenvalue weighted by molar-refractivity contribution is 6.31. The molecule has 0 spiro atoms. The molecular weight excluding hydrogens is 196 g/mol. The van der Waals surface area contributed by atoms with Crippen LogP contribution in [-0.2, 0) is 0 Å². The van der Waals surface area contributed by atoms with Gasteiger partial charge in [0.25, 0.3) is 0 Å². The van der Waals surface area contributed by atoms with Crippen LogP contribution in [0.15, 0.2) is 18.2 Å². The number of hydrogen-bond donors (Lipinski definition) is 2. The third-order valence-corrected chi connectivity index (χ3v) is 2.87. The molecule has 1 atom stereocenters. The fourth-order valence-electron chi connectivity index (χ4n) is 1.62. The number of hydrogen-bond acceptors (Lipinski definition) is 2. The molecule has 0 saturated heterocycles. The Kier molecular flexibility index (Phi) is 4.39. The molecule has 1 rings (SSSR count). The molecule has 1 unspecified atom stereocenters. The third kappa shape index (κ3) is 2.47. The van der Waals surface area contributed by atoms with Gasteiger partial charge < -0.3 is 0 Å². The van der Waals surface area contributed by atoms with Gasteiger partial charge in [-0.1, -0.05) is 37.1 Å². The fraction of sp³-hybridized carbons (Fsp3) is 0.455. The Hall–Kier alpha value is -0.570. The van der Waals surface area contributed by atoms with Gasteiger partial charge in [-0.15, -0.1) is 0 Å². The quantitative estimate of drug-likeness (QED) is 0.595. The van der Waals surface area contributed by atoms with E-state index in [0.29, 0.717) is 0 Å². The smallest absolute Gasteiger partial charge is 0.0463 e. The minimum atomic E-state index is 0.207. The maximum Gasteiger partial charge on any atom is 0.0463 e. The van der Waals surface area contributed by atoms with Crippen molar-refractivity contribution in [1.29, 1.82) is 0 Å². The van der Waals surface area contributed by atoms with Crippen LogP contribution < -0.4 is 11.3 Å². The number of halogens is 1. The summed E-state index contributed by atoms with van der Waals surface area (Å²) in [4.78, 5) is 0. The first kappa shape index (κ1) is 11.5. The first-order valence-electron chi connectivity index (χ1n) is 4.91. The van der Waals surface area contributed by atoms with E-state index < -0.39 is 0 Å². The maximum absolute atomic E-state index is 6.05. The van der Waals surface area contributed by atoms with Crippen LogP contribution in [0.2, 0.25) is 5.02 Å². The van der Waals surface area contributed by atoms with E-state index in [1.807, 2.05) is 19.1 Å². The van der Waals surface area contributed by atoms with E-state index >= 15 is 0 Å². The molecular formula is C11H17ClN2.